The summed E-state index contributed by atoms with van der Waals surface area (Å²) in [6.45, 7) is 0.233. The summed E-state index contributed by atoms with van der Waals surface area (Å²) >= 11 is 9.09. The van der Waals surface area contributed by atoms with E-state index in [0.29, 0.717) is 10.6 Å². The van der Waals surface area contributed by atoms with Gasteiger partial charge >= 0.3 is 5.97 Å². The molecular weight excluding hydrogens is 316 g/mol. The lowest BCUT2D eigenvalue weighted by molar-refractivity contribution is 0.0471. The zero-order valence-corrected chi connectivity index (χ0v) is 11.7. The molecule has 92 valence electrons. The fourth-order valence-corrected chi connectivity index (χ4v) is 2.01. The van der Waals surface area contributed by atoms with E-state index in [1.165, 1.54) is 0 Å². The summed E-state index contributed by atoms with van der Waals surface area (Å²) in [5.74, 6) is -0.350. The summed E-state index contributed by atoms with van der Waals surface area (Å²) in [5, 5.41) is 0.663. The third-order valence-electron chi connectivity index (χ3n) is 2.38. The summed E-state index contributed by atoms with van der Waals surface area (Å²) < 4.78 is 5.95. The normalized spacial score (nSPS) is 10.1. The second kappa shape index (κ2) is 6.03. The van der Waals surface area contributed by atoms with Crippen molar-refractivity contribution in [2.24, 2.45) is 0 Å². The Morgan fingerprint density at radius 3 is 2.44 bits per heavy atom. The van der Waals surface area contributed by atoms with Crippen molar-refractivity contribution >= 4 is 33.5 Å². The van der Waals surface area contributed by atoms with Gasteiger partial charge in [-0.25, -0.2) is 4.79 Å². The van der Waals surface area contributed by atoms with Crippen LogP contribution in [0.5, 0.6) is 0 Å². The SMILES string of the molecule is O=C(OCc1ccc(Cl)cc1)c1ccccc1Br. The van der Waals surface area contributed by atoms with Crippen LogP contribution in [0, 0.1) is 0 Å². The van der Waals surface area contributed by atoms with Crippen molar-refractivity contribution in [3.8, 4) is 0 Å². The molecule has 2 aromatic rings. The summed E-state index contributed by atoms with van der Waals surface area (Å²) in [7, 11) is 0. The molecule has 18 heavy (non-hydrogen) atoms. The Labute approximate surface area is 119 Å². The molecule has 0 fully saturated rings. The minimum absolute atomic E-state index is 0.233. The van der Waals surface area contributed by atoms with Crippen LogP contribution in [-0.2, 0) is 11.3 Å². The van der Waals surface area contributed by atoms with Crippen LogP contribution in [0.4, 0.5) is 0 Å². The van der Waals surface area contributed by atoms with E-state index in [-0.39, 0.29) is 12.6 Å². The number of halogens is 2. The van der Waals surface area contributed by atoms with Gasteiger partial charge in [0.1, 0.15) is 6.61 Å². The lowest BCUT2D eigenvalue weighted by Gasteiger charge is -2.06. The second-order valence-corrected chi connectivity index (χ2v) is 4.97. The third-order valence-corrected chi connectivity index (χ3v) is 3.32. The molecule has 2 aromatic carbocycles. The van der Waals surface area contributed by atoms with Crippen molar-refractivity contribution in [3.05, 3.63) is 69.2 Å². The zero-order valence-electron chi connectivity index (χ0n) is 9.40. The number of benzene rings is 2. The Balaban J connectivity index is 2.01. The zero-order chi connectivity index (χ0) is 13.0. The van der Waals surface area contributed by atoms with Gasteiger partial charge in [0.05, 0.1) is 5.56 Å². The Kier molecular flexibility index (Phi) is 4.39. The highest BCUT2D eigenvalue weighted by Crippen LogP contribution is 2.17. The molecule has 0 aliphatic heterocycles. The molecule has 4 heteroatoms. The molecule has 0 radical (unpaired) electrons. The monoisotopic (exact) mass is 324 g/mol. The minimum atomic E-state index is -0.350. The fraction of sp³-hybridized carbons (Fsp3) is 0.0714. The van der Waals surface area contributed by atoms with Crippen LogP contribution in [-0.4, -0.2) is 5.97 Å². The number of rotatable bonds is 3. The van der Waals surface area contributed by atoms with Crippen molar-refractivity contribution in [1.29, 1.82) is 0 Å². The molecule has 0 aromatic heterocycles. The van der Waals surface area contributed by atoms with Gasteiger partial charge in [-0.15, -0.1) is 0 Å². The fourth-order valence-electron chi connectivity index (χ4n) is 1.43. The van der Waals surface area contributed by atoms with E-state index in [1.54, 1.807) is 30.3 Å². The van der Waals surface area contributed by atoms with E-state index in [1.807, 2.05) is 18.2 Å². The molecule has 0 atom stereocenters. The van der Waals surface area contributed by atoms with Gasteiger partial charge in [-0.05, 0) is 45.8 Å². The number of esters is 1. The van der Waals surface area contributed by atoms with E-state index >= 15 is 0 Å². The molecule has 0 heterocycles. The molecule has 0 saturated heterocycles. The summed E-state index contributed by atoms with van der Waals surface area (Å²) in [6, 6.07) is 14.4. The molecule has 2 rings (SSSR count). The summed E-state index contributed by atoms with van der Waals surface area (Å²) in [6.07, 6.45) is 0. The highest BCUT2D eigenvalue weighted by molar-refractivity contribution is 9.10. The molecule has 0 aliphatic carbocycles. The van der Waals surface area contributed by atoms with Gasteiger partial charge in [0.15, 0.2) is 0 Å². The van der Waals surface area contributed by atoms with Crippen molar-refractivity contribution in [2.75, 3.05) is 0 Å². The Morgan fingerprint density at radius 1 is 1.11 bits per heavy atom. The third kappa shape index (κ3) is 3.34. The van der Waals surface area contributed by atoms with Crippen LogP contribution in [0.1, 0.15) is 15.9 Å². The Bertz CT molecular complexity index is 552. The van der Waals surface area contributed by atoms with Gasteiger partial charge in [0.2, 0.25) is 0 Å². The number of hydrogen-bond acceptors (Lipinski definition) is 2. The Hall–Kier alpha value is -1.32. The molecular formula is C14H10BrClO2. The number of hydrogen-bond donors (Lipinski definition) is 0. The molecule has 2 nitrogen and oxygen atoms in total. The first kappa shape index (κ1) is 13.1. The van der Waals surface area contributed by atoms with Gasteiger partial charge in [-0.2, -0.15) is 0 Å². The van der Waals surface area contributed by atoms with Crippen molar-refractivity contribution in [2.45, 2.75) is 6.61 Å². The number of ether oxygens (including phenoxy) is 1. The maximum Gasteiger partial charge on any atom is 0.339 e. The van der Waals surface area contributed by atoms with Gasteiger partial charge in [-0.3, -0.25) is 0 Å². The molecule has 0 saturated carbocycles. The van der Waals surface area contributed by atoms with Crippen molar-refractivity contribution in [1.82, 2.24) is 0 Å². The number of carbonyl (C=O) groups excluding carboxylic acids is 1. The van der Waals surface area contributed by atoms with Crippen LogP contribution in [0.2, 0.25) is 5.02 Å². The molecule has 0 spiro atoms. The molecule has 0 unspecified atom stereocenters. The predicted molar refractivity (Wildman–Crippen MR) is 74.7 cm³/mol. The molecule has 0 aliphatic rings. The van der Waals surface area contributed by atoms with Crippen molar-refractivity contribution in [3.63, 3.8) is 0 Å². The van der Waals surface area contributed by atoms with Gasteiger partial charge in [-0.1, -0.05) is 35.9 Å². The van der Waals surface area contributed by atoms with E-state index in [9.17, 15) is 4.79 Å². The van der Waals surface area contributed by atoms with Crippen LogP contribution < -0.4 is 0 Å². The Morgan fingerprint density at radius 2 is 1.78 bits per heavy atom. The van der Waals surface area contributed by atoms with Crippen LogP contribution in [0.15, 0.2) is 53.0 Å². The van der Waals surface area contributed by atoms with Crippen LogP contribution in [0.25, 0.3) is 0 Å². The molecule has 0 N–H and O–H groups in total. The van der Waals surface area contributed by atoms with Crippen LogP contribution >= 0.6 is 27.5 Å². The largest absolute Gasteiger partial charge is 0.457 e. The lowest BCUT2D eigenvalue weighted by atomic mass is 10.2. The topological polar surface area (TPSA) is 26.3 Å². The second-order valence-electron chi connectivity index (χ2n) is 3.68. The average Bonchev–Trinajstić information content (AvgIpc) is 2.38. The minimum Gasteiger partial charge on any atom is -0.457 e. The van der Waals surface area contributed by atoms with E-state index in [4.69, 9.17) is 16.3 Å². The smallest absolute Gasteiger partial charge is 0.339 e. The van der Waals surface area contributed by atoms with Crippen LogP contribution in [0.3, 0.4) is 0 Å². The van der Waals surface area contributed by atoms with Gasteiger partial charge in [0.25, 0.3) is 0 Å². The predicted octanol–water partition coefficient (Wildman–Crippen LogP) is 4.46. The van der Waals surface area contributed by atoms with Crippen molar-refractivity contribution < 1.29 is 9.53 Å². The highest BCUT2D eigenvalue weighted by atomic mass is 79.9. The summed E-state index contributed by atoms with van der Waals surface area (Å²) in [4.78, 5) is 11.8. The standard InChI is InChI=1S/C14H10BrClO2/c15-13-4-2-1-3-12(13)14(17)18-9-10-5-7-11(16)8-6-10/h1-8H,9H2. The first-order valence-corrected chi connectivity index (χ1v) is 6.50. The maximum atomic E-state index is 11.8. The van der Waals surface area contributed by atoms with Gasteiger partial charge < -0.3 is 4.74 Å². The quantitative estimate of drug-likeness (QED) is 0.779. The van der Waals surface area contributed by atoms with E-state index in [2.05, 4.69) is 15.9 Å². The first-order chi connectivity index (χ1) is 8.66. The lowest BCUT2D eigenvalue weighted by Crippen LogP contribution is -2.05. The maximum absolute atomic E-state index is 11.8. The number of carbonyl (C=O) groups is 1. The van der Waals surface area contributed by atoms with Gasteiger partial charge in [0, 0.05) is 9.50 Å². The molecule has 0 amide bonds. The van der Waals surface area contributed by atoms with E-state index in [0.717, 1.165) is 10.0 Å². The molecule has 0 bridgehead atoms. The average molecular weight is 326 g/mol. The van der Waals surface area contributed by atoms with E-state index < -0.39 is 0 Å². The summed E-state index contributed by atoms with van der Waals surface area (Å²) in [5.41, 5.74) is 1.42. The first-order valence-electron chi connectivity index (χ1n) is 5.33. The highest BCUT2D eigenvalue weighted by Gasteiger charge is 2.10.